The van der Waals surface area contributed by atoms with Crippen LogP contribution in [0.3, 0.4) is 0 Å². The first-order chi connectivity index (χ1) is 28.7. The number of aliphatic carboxylic acids is 1. The van der Waals surface area contributed by atoms with Crippen LogP contribution in [0.1, 0.15) is 58.9 Å². The van der Waals surface area contributed by atoms with Gasteiger partial charge in [-0.2, -0.15) is 0 Å². The molecule has 23 heteroatoms. The first kappa shape index (κ1) is 49.9. The fraction of sp³-hybridized carbons (Fsp3) is 0.579. The molecule has 61 heavy (non-hydrogen) atoms. The molecule has 2 radical (unpaired) electrons. The first-order valence-electron chi connectivity index (χ1n) is 19.3. The van der Waals surface area contributed by atoms with Crippen LogP contribution < -0.4 is 31.7 Å². The van der Waals surface area contributed by atoms with E-state index in [1.165, 1.54) is 18.2 Å². The summed E-state index contributed by atoms with van der Waals surface area (Å²) in [5, 5.41) is 50.5. The van der Waals surface area contributed by atoms with Gasteiger partial charge >= 0.3 is 5.97 Å². The van der Waals surface area contributed by atoms with Crippen molar-refractivity contribution in [2.24, 2.45) is 11.1 Å². The maximum Gasteiger partial charge on any atom is 0.335 e. The number of carbonyl (C=O) groups is 8. The van der Waals surface area contributed by atoms with Gasteiger partial charge in [0.2, 0.25) is 43.6 Å². The SMILES string of the molecule is [B]C(=O)OCc1ccc(O[C@@H]2O[C@H](C(=O)O)[C@@H](O)[C@H](O)[C@H]2O)c(NC(=O)CCNC(=O)C(CCCCNC(=O)C(C)(C)COC(C)C)NC(=O)C(CN)N2C(=O)C=CC2=O)c1. The summed E-state index contributed by atoms with van der Waals surface area (Å²) in [7, 11) is 5.05. The minimum Gasteiger partial charge on any atom is -0.479 e. The van der Waals surface area contributed by atoms with Crippen molar-refractivity contribution in [1.29, 1.82) is 0 Å². The normalized spacial score (nSPS) is 21.1. The number of aliphatic hydroxyl groups excluding tert-OH is 3. The topological polar surface area (TPSA) is 332 Å². The van der Waals surface area contributed by atoms with Crippen molar-refractivity contribution >= 4 is 60.8 Å². The second-order valence-corrected chi connectivity index (χ2v) is 15.1. The molecule has 0 aromatic heterocycles. The molecule has 334 valence electrons. The number of aliphatic hydroxyl groups is 3. The second-order valence-electron chi connectivity index (χ2n) is 15.1. The lowest BCUT2D eigenvalue weighted by molar-refractivity contribution is -0.271. The van der Waals surface area contributed by atoms with Gasteiger partial charge in [0.05, 0.1) is 23.8 Å². The fourth-order valence-electron chi connectivity index (χ4n) is 5.87. The molecule has 10 N–H and O–H groups in total. The third-order valence-electron chi connectivity index (χ3n) is 9.32. The minimum absolute atomic E-state index is 0.0291. The summed E-state index contributed by atoms with van der Waals surface area (Å²) in [6.07, 6.45) is -7.54. The van der Waals surface area contributed by atoms with Gasteiger partial charge in [0.15, 0.2) is 6.10 Å². The summed E-state index contributed by atoms with van der Waals surface area (Å²) in [6, 6.07) is 1.22. The van der Waals surface area contributed by atoms with Gasteiger partial charge in [-0.05, 0) is 64.7 Å². The largest absolute Gasteiger partial charge is 0.479 e. The zero-order valence-electron chi connectivity index (χ0n) is 34.2. The second kappa shape index (κ2) is 23.0. The van der Waals surface area contributed by atoms with Gasteiger partial charge in [-0.1, -0.05) is 6.07 Å². The maximum absolute atomic E-state index is 13.5. The third kappa shape index (κ3) is 14.6. The van der Waals surface area contributed by atoms with Gasteiger partial charge in [0, 0.05) is 38.2 Å². The minimum atomic E-state index is -2.00. The predicted molar refractivity (Wildman–Crippen MR) is 211 cm³/mol. The number of unbranched alkanes of at least 4 members (excludes halogenated alkanes) is 1. The van der Waals surface area contributed by atoms with E-state index in [0.29, 0.717) is 17.7 Å². The van der Waals surface area contributed by atoms with Crippen LogP contribution in [0.2, 0.25) is 0 Å². The Balaban J connectivity index is 1.70. The van der Waals surface area contributed by atoms with E-state index in [1.807, 2.05) is 13.8 Å². The summed E-state index contributed by atoms with van der Waals surface area (Å²) < 4.78 is 21.2. The number of carbonyl (C=O) groups excluding carboxylic acids is 7. The lowest BCUT2D eigenvalue weighted by Crippen LogP contribution is -2.61. The summed E-state index contributed by atoms with van der Waals surface area (Å²) in [4.78, 5) is 101. The van der Waals surface area contributed by atoms with E-state index in [1.54, 1.807) is 13.8 Å². The molecular formula is C38H53BN6O16. The van der Waals surface area contributed by atoms with Gasteiger partial charge in [-0.3, -0.25) is 38.5 Å². The average Bonchev–Trinajstić information content (AvgIpc) is 3.52. The number of benzene rings is 1. The molecule has 0 bridgehead atoms. The highest BCUT2D eigenvalue weighted by Crippen LogP contribution is 2.31. The van der Waals surface area contributed by atoms with Crippen LogP contribution in [0, 0.1) is 5.41 Å². The van der Waals surface area contributed by atoms with Crippen LogP contribution in [-0.4, -0.2) is 156 Å². The number of rotatable bonds is 23. The molecule has 1 saturated heterocycles. The summed E-state index contributed by atoms with van der Waals surface area (Å²) in [5.41, 5.74) is 5.11. The van der Waals surface area contributed by atoms with Gasteiger partial charge in [-0.25, -0.2) is 4.79 Å². The lowest BCUT2D eigenvalue weighted by atomic mass is 9.93. The summed E-state index contributed by atoms with van der Waals surface area (Å²) >= 11 is 0. The Kier molecular flexibility index (Phi) is 18.8. The van der Waals surface area contributed by atoms with E-state index >= 15 is 0 Å². The Morgan fingerprint density at radius 2 is 1.62 bits per heavy atom. The van der Waals surface area contributed by atoms with E-state index in [0.717, 1.165) is 12.2 Å². The Hall–Kier alpha value is -5.46. The fourth-order valence-corrected chi connectivity index (χ4v) is 5.87. The molecule has 0 saturated carbocycles. The van der Waals surface area contributed by atoms with E-state index in [9.17, 15) is 58.8 Å². The molecule has 2 aliphatic rings. The molecule has 1 fully saturated rings. The zero-order chi connectivity index (χ0) is 45.6. The van der Waals surface area contributed by atoms with E-state index < -0.39 is 103 Å². The Morgan fingerprint density at radius 3 is 2.23 bits per heavy atom. The first-order valence-corrected chi connectivity index (χ1v) is 19.3. The number of imide groups is 1. The number of carboxylic acid groups (broad SMARTS) is 1. The van der Waals surface area contributed by atoms with Crippen molar-refractivity contribution in [3.63, 3.8) is 0 Å². The quantitative estimate of drug-likeness (QED) is 0.0317. The van der Waals surface area contributed by atoms with Crippen LogP contribution in [0.5, 0.6) is 5.75 Å². The van der Waals surface area contributed by atoms with Crippen LogP contribution in [0.15, 0.2) is 30.4 Å². The van der Waals surface area contributed by atoms with E-state index in [4.69, 9.17) is 32.5 Å². The molecular weight excluding hydrogens is 807 g/mol. The van der Waals surface area contributed by atoms with Crippen LogP contribution in [0.25, 0.3) is 0 Å². The number of ether oxygens (including phenoxy) is 4. The molecule has 1 aromatic carbocycles. The standard InChI is InChI=1S/C38H53BN6O16/c1-19(2)59-18-38(3,4)36(56)42-13-6-5-7-21(44-33(53)23(16-40)45-26(47)10-11-27(45)48)32(52)41-14-12-25(46)43-22-15-20(17-58-37(39)57)8-9-24(22)60-35-30(51)28(49)29(50)31(61-35)34(54)55/h8-11,15,19,21,23,28-31,35,49-51H,5-7,12-14,16-18,40H2,1-4H3,(H,41,52)(H,42,56)(H,43,46)(H,44,53)(H,54,55)/t21?,23?,28-,29-,30+,31-,35+/m0/s1. The van der Waals surface area contributed by atoms with Crippen LogP contribution >= 0.6 is 0 Å². The van der Waals surface area contributed by atoms with Crippen LogP contribution in [0.4, 0.5) is 10.5 Å². The Morgan fingerprint density at radius 1 is 0.951 bits per heavy atom. The Bertz CT molecular complexity index is 1790. The average molecular weight is 861 g/mol. The number of nitrogens with two attached hydrogens (primary N) is 1. The van der Waals surface area contributed by atoms with Crippen molar-refractivity contribution in [3.8, 4) is 5.75 Å². The Labute approximate surface area is 352 Å². The number of amides is 6. The van der Waals surface area contributed by atoms with Crippen molar-refractivity contribution < 1.29 is 77.7 Å². The monoisotopic (exact) mass is 860 g/mol. The van der Waals surface area contributed by atoms with Crippen molar-refractivity contribution in [2.75, 3.05) is 31.6 Å². The van der Waals surface area contributed by atoms with E-state index in [2.05, 4.69) is 21.3 Å². The molecule has 3 rings (SSSR count). The molecule has 7 atom stereocenters. The highest BCUT2D eigenvalue weighted by molar-refractivity contribution is 6.55. The zero-order valence-corrected chi connectivity index (χ0v) is 34.2. The number of nitrogens with one attached hydrogen (secondary N) is 4. The number of carboxylic acids is 1. The number of nitrogens with zero attached hydrogens (tertiary/aromatic N) is 1. The molecule has 1 aromatic rings. The van der Waals surface area contributed by atoms with Gasteiger partial charge in [0.1, 0.15) is 42.8 Å². The summed E-state index contributed by atoms with van der Waals surface area (Å²) in [5.74, 6) is -7.11. The van der Waals surface area contributed by atoms with Crippen molar-refractivity contribution in [3.05, 3.63) is 35.9 Å². The van der Waals surface area contributed by atoms with Crippen molar-refractivity contribution in [1.82, 2.24) is 20.9 Å². The number of anilines is 1. The molecule has 6 amide bonds. The highest BCUT2D eigenvalue weighted by atomic mass is 16.7. The van der Waals surface area contributed by atoms with Gasteiger partial charge in [0.25, 0.3) is 11.8 Å². The number of hydrogen-bond donors (Lipinski definition) is 9. The smallest absolute Gasteiger partial charge is 0.335 e. The van der Waals surface area contributed by atoms with E-state index in [-0.39, 0.29) is 61.7 Å². The van der Waals surface area contributed by atoms with Crippen LogP contribution in [-0.2, 0) is 54.4 Å². The summed E-state index contributed by atoms with van der Waals surface area (Å²) in [6.45, 7) is 6.50. The molecule has 2 unspecified atom stereocenters. The molecule has 2 heterocycles. The molecule has 22 nitrogen and oxygen atoms in total. The predicted octanol–water partition coefficient (Wildman–Crippen LogP) is -2.32. The lowest BCUT2D eigenvalue weighted by Gasteiger charge is -2.38. The molecule has 2 aliphatic heterocycles. The third-order valence-corrected chi connectivity index (χ3v) is 9.32. The van der Waals surface area contributed by atoms with Gasteiger partial charge in [-0.15, -0.1) is 0 Å². The number of hydrogen-bond acceptors (Lipinski definition) is 16. The highest BCUT2D eigenvalue weighted by Gasteiger charge is 2.48. The molecule has 0 aliphatic carbocycles. The van der Waals surface area contributed by atoms with Gasteiger partial charge < -0.3 is 66.4 Å². The maximum atomic E-state index is 13.5. The molecule has 0 spiro atoms. The van der Waals surface area contributed by atoms with Crippen molar-refractivity contribution in [2.45, 2.75) is 109 Å².